The first kappa shape index (κ1) is 18.6. The molecule has 8 nitrogen and oxygen atoms in total. The first-order chi connectivity index (χ1) is 11.5. The van der Waals surface area contributed by atoms with Gasteiger partial charge >= 0.3 is 6.09 Å². The van der Waals surface area contributed by atoms with Gasteiger partial charge in [-0.25, -0.2) is 4.79 Å². The summed E-state index contributed by atoms with van der Waals surface area (Å²) in [7, 11) is 2.74. The quantitative estimate of drug-likeness (QED) is 0.760. The zero-order valence-corrected chi connectivity index (χ0v) is 13.9. The molecule has 134 valence electrons. The molecule has 1 saturated heterocycles. The SMILES string of the molecule is COC(OC)[C@@H]1ON(C(=O)OCc2ccccc2)[C@H](C)[C@@H](O)[C@H]1O. The molecule has 1 amide bonds. The minimum atomic E-state index is -1.27. The number of carbonyl (C=O) groups excluding carboxylic acids is 1. The number of ether oxygens (including phenoxy) is 3. The fourth-order valence-corrected chi connectivity index (χ4v) is 2.48. The average Bonchev–Trinajstić information content (AvgIpc) is 2.61. The summed E-state index contributed by atoms with van der Waals surface area (Å²) in [6.45, 7) is 1.61. The van der Waals surface area contributed by atoms with Gasteiger partial charge in [-0.15, -0.1) is 0 Å². The number of hydrogen-bond acceptors (Lipinski definition) is 7. The Morgan fingerprint density at radius 1 is 1.21 bits per heavy atom. The Kier molecular flexibility index (Phi) is 6.52. The van der Waals surface area contributed by atoms with Crippen molar-refractivity contribution in [1.29, 1.82) is 0 Å². The van der Waals surface area contributed by atoms with Crippen LogP contribution in [0.15, 0.2) is 30.3 Å². The second-order valence-corrected chi connectivity index (χ2v) is 5.50. The van der Waals surface area contributed by atoms with Gasteiger partial charge in [0.15, 0.2) is 12.4 Å². The second-order valence-electron chi connectivity index (χ2n) is 5.50. The van der Waals surface area contributed by atoms with E-state index < -0.39 is 36.7 Å². The molecule has 0 unspecified atom stereocenters. The number of methoxy groups -OCH3 is 2. The van der Waals surface area contributed by atoms with Crippen molar-refractivity contribution in [2.75, 3.05) is 14.2 Å². The lowest BCUT2D eigenvalue weighted by molar-refractivity contribution is -0.331. The topological polar surface area (TPSA) is 97.7 Å². The zero-order valence-electron chi connectivity index (χ0n) is 13.9. The van der Waals surface area contributed by atoms with Gasteiger partial charge < -0.3 is 24.4 Å². The van der Waals surface area contributed by atoms with Crippen LogP contribution >= 0.6 is 0 Å². The van der Waals surface area contributed by atoms with Gasteiger partial charge in [-0.2, -0.15) is 5.06 Å². The number of benzene rings is 1. The van der Waals surface area contributed by atoms with Crippen LogP contribution in [0.1, 0.15) is 12.5 Å². The number of hydrogen-bond donors (Lipinski definition) is 2. The average molecular weight is 341 g/mol. The van der Waals surface area contributed by atoms with Gasteiger partial charge in [0.2, 0.25) is 0 Å². The highest BCUT2D eigenvalue weighted by Gasteiger charge is 2.47. The molecule has 1 heterocycles. The van der Waals surface area contributed by atoms with Crippen LogP contribution in [0.4, 0.5) is 4.79 Å². The molecule has 1 aromatic rings. The molecule has 1 aromatic carbocycles. The minimum Gasteiger partial charge on any atom is -0.443 e. The van der Waals surface area contributed by atoms with Crippen LogP contribution in [0.25, 0.3) is 0 Å². The largest absolute Gasteiger partial charge is 0.443 e. The summed E-state index contributed by atoms with van der Waals surface area (Å²) in [4.78, 5) is 17.8. The summed E-state index contributed by atoms with van der Waals surface area (Å²) in [6.07, 6.45) is -5.31. The molecule has 8 heteroatoms. The Bertz CT molecular complexity index is 522. The smallest absolute Gasteiger partial charge is 0.434 e. The molecule has 4 atom stereocenters. The molecule has 1 fully saturated rings. The molecule has 0 saturated carbocycles. The van der Waals surface area contributed by atoms with Gasteiger partial charge in [0, 0.05) is 14.2 Å². The highest BCUT2D eigenvalue weighted by atomic mass is 16.8. The third-order valence-corrected chi connectivity index (χ3v) is 3.90. The second kappa shape index (κ2) is 8.41. The van der Waals surface area contributed by atoms with E-state index in [9.17, 15) is 15.0 Å². The molecule has 1 aliphatic rings. The number of nitrogens with zero attached hydrogens (tertiary/aromatic N) is 1. The molecule has 0 aromatic heterocycles. The van der Waals surface area contributed by atoms with Crippen LogP contribution in [0.2, 0.25) is 0 Å². The highest BCUT2D eigenvalue weighted by molar-refractivity contribution is 5.67. The monoisotopic (exact) mass is 341 g/mol. The molecule has 1 aliphatic heterocycles. The fourth-order valence-electron chi connectivity index (χ4n) is 2.48. The Labute approximate surface area is 140 Å². The zero-order chi connectivity index (χ0) is 17.7. The third-order valence-electron chi connectivity index (χ3n) is 3.90. The van der Waals surface area contributed by atoms with E-state index in [0.29, 0.717) is 0 Å². The van der Waals surface area contributed by atoms with Crippen LogP contribution in [-0.4, -0.2) is 66.2 Å². The molecule has 24 heavy (non-hydrogen) atoms. The molecule has 0 spiro atoms. The van der Waals surface area contributed by atoms with Crippen molar-refractivity contribution in [1.82, 2.24) is 5.06 Å². The molecule has 2 rings (SSSR count). The molecular weight excluding hydrogens is 318 g/mol. The number of carbonyl (C=O) groups is 1. The van der Waals surface area contributed by atoms with Crippen molar-refractivity contribution in [3.8, 4) is 0 Å². The van der Waals surface area contributed by atoms with E-state index in [4.69, 9.17) is 19.0 Å². The Hall–Kier alpha value is -1.71. The van der Waals surface area contributed by atoms with Gasteiger partial charge in [0.25, 0.3) is 0 Å². The third kappa shape index (κ3) is 4.03. The van der Waals surface area contributed by atoms with Crippen LogP contribution in [0, 0.1) is 0 Å². The number of aliphatic hydroxyl groups is 2. The van der Waals surface area contributed by atoms with Gasteiger partial charge in [-0.05, 0) is 12.5 Å². The number of amides is 1. The standard InChI is InChI=1S/C16H23NO7/c1-10-12(18)13(19)14(15(21-2)22-3)24-17(10)16(20)23-9-11-7-5-4-6-8-11/h4-8,10,12-15,18-19H,9H2,1-3H3/t10-,12-,13-,14-/m1/s1. The van der Waals surface area contributed by atoms with Crippen LogP contribution < -0.4 is 0 Å². The highest BCUT2D eigenvalue weighted by Crippen LogP contribution is 2.25. The maximum Gasteiger partial charge on any atom is 0.434 e. The first-order valence-electron chi connectivity index (χ1n) is 7.58. The van der Waals surface area contributed by atoms with Crippen molar-refractivity contribution in [3.05, 3.63) is 35.9 Å². The van der Waals surface area contributed by atoms with Crippen LogP contribution in [0.5, 0.6) is 0 Å². The summed E-state index contributed by atoms with van der Waals surface area (Å²) in [6, 6.07) is 8.37. The first-order valence-corrected chi connectivity index (χ1v) is 7.58. The molecular formula is C16H23NO7. The van der Waals surface area contributed by atoms with E-state index in [-0.39, 0.29) is 6.61 Å². The summed E-state index contributed by atoms with van der Waals surface area (Å²) in [5.74, 6) is 0. The van der Waals surface area contributed by atoms with Crippen molar-refractivity contribution in [3.63, 3.8) is 0 Å². The number of aliphatic hydroxyl groups excluding tert-OH is 2. The lowest BCUT2D eigenvalue weighted by Crippen LogP contribution is -2.63. The predicted octanol–water partition coefficient (Wildman–Crippen LogP) is 0.668. The van der Waals surface area contributed by atoms with E-state index in [1.165, 1.54) is 14.2 Å². The van der Waals surface area contributed by atoms with Crippen LogP contribution in [-0.2, 0) is 25.7 Å². The Balaban J connectivity index is 2.05. The molecule has 0 radical (unpaired) electrons. The molecule has 2 N–H and O–H groups in total. The van der Waals surface area contributed by atoms with Crippen molar-refractivity contribution in [2.24, 2.45) is 0 Å². The predicted molar refractivity (Wildman–Crippen MR) is 82.6 cm³/mol. The maximum atomic E-state index is 12.3. The maximum absolute atomic E-state index is 12.3. The summed E-state index contributed by atoms with van der Waals surface area (Å²) >= 11 is 0. The normalized spacial score (nSPS) is 27.3. The van der Waals surface area contributed by atoms with Crippen molar-refractivity contribution in [2.45, 2.75) is 44.2 Å². The Morgan fingerprint density at radius 3 is 2.42 bits per heavy atom. The fraction of sp³-hybridized carbons (Fsp3) is 0.562. The van der Waals surface area contributed by atoms with Gasteiger partial charge in [0.1, 0.15) is 18.8 Å². The summed E-state index contributed by atoms with van der Waals surface area (Å²) in [5.41, 5.74) is 0.819. The molecule has 0 aliphatic carbocycles. The Morgan fingerprint density at radius 2 is 1.83 bits per heavy atom. The van der Waals surface area contributed by atoms with E-state index in [0.717, 1.165) is 10.6 Å². The van der Waals surface area contributed by atoms with Gasteiger partial charge in [-0.1, -0.05) is 30.3 Å². The number of rotatable bonds is 5. The lowest BCUT2D eigenvalue weighted by atomic mass is 10.00. The molecule has 0 bridgehead atoms. The van der Waals surface area contributed by atoms with E-state index >= 15 is 0 Å². The summed E-state index contributed by atoms with van der Waals surface area (Å²) in [5, 5.41) is 21.2. The minimum absolute atomic E-state index is 0.0630. The van der Waals surface area contributed by atoms with E-state index in [1.807, 2.05) is 30.3 Å². The number of hydroxylamine groups is 2. The van der Waals surface area contributed by atoms with Crippen molar-refractivity contribution >= 4 is 6.09 Å². The lowest BCUT2D eigenvalue weighted by Gasteiger charge is -2.43. The summed E-state index contributed by atoms with van der Waals surface area (Å²) < 4.78 is 15.3. The van der Waals surface area contributed by atoms with Crippen molar-refractivity contribution < 1.29 is 34.1 Å². The van der Waals surface area contributed by atoms with E-state index in [1.54, 1.807) is 6.92 Å². The van der Waals surface area contributed by atoms with Gasteiger partial charge in [0.05, 0.1) is 6.04 Å². The van der Waals surface area contributed by atoms with Gasteiger partial charge in [-0.3, -0.25) is 4.84 Å². The van der Waals surface area contributed by atoms with Crippen LogP contribution in [0.3, 0.4) is 0 Å². The van der Waals surface area contributed by atoms with E-state index in [2.05, 4.69) is 0 Å².